The summed E-state index contributed by atoms with van der Waals surface area (Å²) in [7, 11) is 2.16. The summed E-state index contributed by atoms with van der Waals surface area (Å²) < 4.78 is 7.34. The number of rotatable bonds is 6. The number of hydrogen-bond acceptors (Lipinski definition) is 1. The fraction of sp³-hybridized carbons (Fsp3) is 0.170. The predicted octanol–water partition coefficient (Wildman–Crippen LogP) is 8.54. The van der Waals surface area contributed by atoms with E-state index in [4.69, 9.17) is 0 Å². The Morgan fingerprint density at radius 3 is 1.80 bits per heavy atom. The van der Waals surface area contributed by atoms with Crippen LogP contribution in [0.4, 0.5) is 0 Å². The van der Waals surface area contributed by atoms with Crippen LogP contribution in [-0.4, -0.2) is 5.11 Å². The maximum Gasteiger partial charge on any atom is 0.279 e. The van der Waals surface area contributed by atoms with Gasteiger partial charge in [-0.2, -0.15) is 13.7 Å². The highest BCUT2D eigenvalue weighted by atomic mass is 16.3. The molecule has 2 unspecified atom stereocenters. The van der Waals surface area contributed by atoms with Crippen molar-refractivity contribution in [1.29, 1.82) is 0 Å². The average Bonchev–Trinajstić information content (AvgIpc) is 3.15. The number of aliphatic hydroxyl groups excluding tert-OH is 1. The first-order valence-electron chi connectivity index (χ1n) is 17.8. The van der Waals surface area contributed by atoms with Crippen LogP contribution >= 0.6 is 0 Å². The molecule has 2 atom stereocenters. The van der Waals surface area contributed by atoms with Gasteiger partial charge >= 0.3 is 0 Å². The van der Waals surface area contributed by atoms with Crippen molar-refractivity contribution in [3.63, 3.8) is 0 Å². The molecule has 1 aliphatic rings. The average molecular weight is 667 g/mol. The van der Waals surface area contributed by atoms with Crippen molar-refractivity contribution in [3.05, 3.63) is 185 Å². The summed E-state index contributed by atoms with van der Waals surface area (Å²) in [5.74, 6) is 0. The molecule has 4 heterocycles. The van der Waals surface area contributed by atoms with Crippen LogP contribution < -0.4 is 13.7 Å². The number of benzene rings is 4. The van der Waals surface area contributed by atoms with E-state index in [0.717, 1.165) is 27.9 Å². The van der Waals surface area contributed by atoms with Gasteiger partial charge in [-0.15, -0.1) is 0 Å². The number of aryl methyl sites for hydroxylation is 3. The summed E-state index contributed by atoms with van der Waals surface area (Å²) in [6.45, 7) is 9.13. The molecule has 4 aromatic carbocycles. The van der Waals surface area contributed by atoms with Gasteiger partial charge in [-0.05, 0) is 55.3 Å². The van der Waals surface area contributed by atoms with E-state index in [2.05, 4.69) is 187 Å². The highest BCUT2D eigenvalue weighted by Gasteiger charge is 2.57. The summed E-state index contributed by atoms with van der Waals surface area (Å²) in [6, 6.07) is 52.5. The summed E-state index contributed by atoms with van der Waals surface area (Å²) in [5, 5.41) is 11.2. The van der Waals surface area contributed by atoms with E-state index < -0.39 is 11.6 Å². The van der Waals surface area contributed by atoms with Crippen molar-refractivity contribution in [2.45, 2.75) is 45.9 Å². The number of pyridine rings is 3. The van der Waals surface area contributed by atoms with Crippen molar-refractivity contribution in [2.24, 2.45) is 7.05 Å². The zero-order chi connectivity index (χ0) is 35.3. The molecule has 1 N–H and O–H groups in total. The van der Waals surface area contributed by atoms with E-state index in [9.17, 15) is 5.11 Å². The van der Waals surface area contributed by atoms with E-state index in [0.29, 0.717) is 6.54 Å². The highest BCUT2D eigenvalue weighted by Crippen LogP contribution is 2.45. The molecule has 0 saturated heterocycles. The van der Waals surface area contributed by atoms with Gasteiger partial charge in [0.25, 0.3) is 5.54 Å². The molecule has 0 radical (unpaired) electrons. The number of hydrogen-bond donors (Lipinski definition) is 1. The first-order chi connectivity index (χ1) is 24.8. The molecule has 0 aliphatic carbocycles. The monoisotopic (exact) mass is 666 g/mol. The Balaban J connectivity index is 1.54. The molecule has 7 aromatic rings. The van der Waals surface area contributed by atoms with E-state index in [1.807, 2.05) is 13.0 Å². The van der Waals surface area contributed by atoms with Crippen LogP contribution in [0.2, 0.25) is 0 Å². The van der Waals surface area contributed by atoms with Gasteiger partial charge in [0.2, 0.25) is 23.6 Å². The normalized spacial score (nSPS) is 15.6. The number of fused-ring (bicyclic) bond motifs is 3. The van der Waals surface area contributed by atoms with Gasteiger partial charge in [-0.1, -0.05) is 84.9 Å². The standard InChI is InChI=1S/C47H44N3O/c1-32-17-9-10-22-37(32)45-28-16-19-34(3)50(45)47(42-25-13-11-23-38(42)44-27-15-18-33(2)48(44)5)31-49-30-41(36-20-7-6-8-21-36)40(35(4)51)29-46(49)39-24-12-14-26-43(39)47/h6-30,35,51H,31H2,1-5H3/q+3. The van der Waals surface area contributed by atoms with E-state index in [1.165, 1.54) is 50.6 Å². The van der Waals surface area contributed by atoms with Gasteiger partial charge < -0.3 is 5.11 Å². The Morgan fingerprint density at radius 1 is 0.569 bits per heavy atom. The molecule has 3 aromatic heterocycles. The zero-order valence-electron chi connectivity index (χ0n) is 30.0. The first-order valence-corrected chi connectivity index (χ1v) is 17.8. The quantitative estimate of drug-likeness (QED) is 0.177. The minimum Gasteiger partial charge on any atom is -0.389 e. The Morgan fingerprint density at radius 2 is 1.14 bits per heavy atom. The third-order valence-corrected chi connectivity index (χ3v) is 10.9. The van der Waals surface area contributed by atoms with Gasteiger partial charge in [-0.3, -0.25) is 0 Å². The van der Waals surface area contributed by atoms with Crippen molar-refractivity contribution in [3.8, 4) is 44.9 Å². The predicted molar refractivity (Wildman–Crippen MR) is 204 cm³/mol. The van der Waals surface area contributed by atoms with Crippen LogP contribution in [0.5, 0.6) is 0 Å². The SMILES string of the molecule is Cc1ccccc1-c1cccc(C)[n+]1C1(c2ccccc2-c2cccc(C)[n+]2C)C[n+]2cc(-c3ccccc3)c(C(C)O)cc2-c2ccccc21. The van der Waals surface area contributed by atoms with E-state index in [-0.39, 0.29) is 0 Å². The first kappa shape index (κ1) is 32.5. The van der Waals surface area contributed by atoms with Crippen LogP contribution in [0.15, 0.2) is 152 Å². The van der Waals surface area contributed by atoms with Crippen LogP contribution in [0.25, 0.3) is 44.9 Å². The minimum atomic E-state index is -0.676. The second-order valence-electron chi connectivity index (χ2n) is 14.0. The lowest BCUT2D eigenvalue weighted by Gasteiger charge is -2.35. The van der Waals surface area contributed by atoms with Crippen LogP contribution in [0, 0.1) is 20.8 Å². The van der Waals surface area contributed by atoms with Crippen molar-refractivity contribution in [1.82, 2.24) is 0 Å². The summed E-state index contributed by atoms with van der Waals surface area (Å²) in [4.78, 5) is 0. The molecular weight excluding hydrogens is 623 g/mol. The molecule has 0 saturated carbocycles. The smallest absolute Gasteiger partial charge is 0.279 e. The fourth-order valence-electron chi connectivity index (χ4n) is 8.34. The minimum absolute atomic E-state index is 0.634. The van der Waals surface area contributed by atoms with Gasteiger partial charge in [-0.25, -0.2) is 0 Å². The molecule has 0 amide bonds. The Kier molecular flexibility index (Phi) is 8.20. The molecular formula is C47H44N3O+3. The van der Waals surface area contributed by atoms with Gasteiger partial charge in [0.15, 0.2) is 17.6 Å². The highest BCUT2D eigenvalue weighted by molar-refractivity contribution is 5.74. The number of nitrogens with zero attached hydrogens (tertiary/aromatic N) is 3. The zero-order valence-corrected chi connectivity index (χ0v) is 30.0. The lowest BCUT2D eigenvalue weighted by Crippen LogP contribution is -2.68. The van der Waals surface area contributed by atoms with Gasteiger partial charge in [0.1, 0.15) is 7.05 Å². The molecule has 4 nitrogen and oxygen atoms in total. The third kappa shape index (κ3) is 5.30. The Labute approximate surface area is 301 Å². The van der Waals surface area contributed by atoms with Crippen molar-refractivity contribution >= 4 is 0 Å². The topological polar surface area (TPSA) is 31.9 Å². The van der Waals surface area contributed by atoms with Crippen LogP contribution in [0.3, 0.4) is 0 Å². The van der Waals surface area contributed by atoms with Gasteiger partial charge in [0, 0.05) is 66.4 Å². The Bertz CT molecular complexity index is 2430. The lowest BCUT2D eigenvalue weighted by molar-refractivity contribution is -0.811. The largest absolute Gasteiger partial charge is 0.389 e. The second kappa shape index (κ2) is 12.9. The molecule has 1 aliphatic heterocycles. The molecule has 0 fully saturated rings. The number of aromatic nitrogens is 3. The van der Waals surface area contributed by atoms with Crippen LogP contribution in [-0.2, 0) is 19.1 Å². The summed E-state index contributed by atoms with van der Waals surface area (Å²) >= 11 is 0. The van der Waals surface area contributed by atoms with E-state index in [1.54, 1.807) is 0 Å². The Hall–Kier alpha value is -5.71. The van der Waals surface area contributed by atoms with Crippen LogP contribution in [0.1, 0.15) is 46.7 Å². The van der Waals surface area contributed by atoms with Crippen molar-refractivity contribution in [2.75, 3.05) is 0 Å². The number of aliphatic hydroxyl groups is 1. The molecule has 8 rings (SSSR count). The maximum absolute atomic E-state index is 11.2. The van der Waals surface area contributed by atoms with E-state index >= 15 is 0 Å². The lowest BCUT2D eigenvalue weighted by atomic mass is 9.73. The molecule has 250 valence electrons. The fourth-order valence-corrected chi connectivity index (χ4v) is 8.34. The molecule has 0 bridgehead atoms. The second-order valence-corrected chi connectivity index (χ2v) is 14.0. The molecule has 51 heavy (non-hydrogen) atoms. The summed E-state index contributed by atoms with van der Waals surface area (Å²) in [6.07, 6.45) is 1.64. The summed E-state index contributed by atoms with van der Waals surface area (Å²) in [5.41, 5.74) is 15.4. The maximum atomic E-state index is 11.2. The molecule has 0 spiro atoms. The van der Waals surface area contributed by atoms with Crippen molar-refractivity contribution < 1.29 is 18.8 Å². The molecule has 4 heteroatoms. The third-order valence-electron chi connectivity index (χ3n) is 10.9. The van der Waals surface area contributed by atoms with Gasteiger partial charge in [0.05, 0.1) is 22.8 Å².